The van der Waals surface area contributed by atoms with Crippen molar-refractivity contribution in [3.05, 3.63) is 46.5 Å². The Bertz CT molecular complexity index is 471. The fourth-order valence-corrected chi connectivity index (χ4v) is 1.41. The van der Waals surface area contributed by atoms with E-state index in [1.807, 2.05) is 0 Å². The van der Waals surface area contributed by atoms with Crippen molar-refractivity contribution in [2.75, 3.05) is 6.54 Å². The highest BCUT2D eigenvalue weighted by Crippen LogP contribution is 2.23. The zero-order chi connectivity index (χ0) is 13.5. The summed E-state index contributed by atoms with van der Waals surface area (Å²) in [6, 6.07) is 3.36. The minimum absolute atomic E-state index is 0.140. The van der Waals surface area contributed by atoms with Crippen LogP contribution in [0.25, 0.3) is 0 Å². The standard InChI is InChI=1S/C12H14N2O4/c1-2-3-4-7-13-12(16)10-8-9(15)5-6-11(10)14(17)18/h2,5-6,8,15H,1,3-4,7H2,(H,13,16). The molecule has 2 N–H and O–H groups in total. The first-order valence-corrected chi connectivity index (χ1v) is 5.42. The second-order valence-corrected chi connectivity index (χ2v) is 3.65. The molecule has 1 aromatic rings. The summed E-state index contributed by atoms with van der Waals surface area (Å²) < 4.78 is 0. The van der Waals surface area contributed by atoms with Gasteiger partial charge in [-0.2, -0.15) is 0 Å². The number of benzene rings is 1. The van der Waals surface area contributed by atoms with Gasteiger partial charge in [0.2, 0.25) is 0 Å². The molecule has 0 aliphatic heterocycles. The van der Waals surface area contributed by atoms with Crippen LogP contribution in [-0.4, -0.2) is 22.5 Å². The van der Waals surface area contributed by atoms with Gasteiger partial charge in [-0.15, -0.1) is 6.58 Å². The van der Waals surface area contributed by atoms with E-state index in [2.05, 4.69) is 11.9 Å². The van der Waals surface area contributed by atoms with Crippen molar-refractivity contribution in [1.82, 2.24) is 5.32 Å². The first kappa shape index (κ1) is 13.7. The molecule has 1 rings (SSSR count). The number of phenols is 1. The van der Waals surface area contributed by atoms with Gasteiger partial charge in [-0.1, -0.05) is 6.08 Å². The third-order valence-electron chi connectivity index (χ3n) is 2.29. The van der Waals surface area contributed by atoms with E-state index in [1.54, 1.807) is 6.08 Å². The minimum atomic E-state index is -0.655. The maximum absolute atomic E-state index is 11.7. The number of carbonyl (C=O) groups is 1. The van der Waals surface area contributed by atoms with Crippen LogP contribution >= 0.6 is 0 Å². The van der Waals surface area contributed by atoms with Crippen molar-refractivity contribution >= 4 is 11.6 Å². The van der Waals surface area contributed by atoms with Gasteiger partial charge in [0.15, 0.2) is 0 Å². The van der Waals surface area contributed by atoms with Gasteiger partial charge >= 0.3 is 0 Å². The lowest BCUT2D eigenvalue weighted by Crippen LogP contribution is -2.25. The molecule has 0 unspecified atom stereocenters. The number of allylic oxidation sites excluding steroid dienone is 1. The SMILES string of the molecule is C=CCCCNC(=O)c1cc(O)ccc1[N+](=O)[O-]. The van der Waals surface area contributed by atoms with Crippen molar-refractivity contribution in [2.45, 2.75) is 12.8 Å². The van der Waals surface area contributed by atoms with Crippen LogP contribution in [-0.2, 0) is 0 Å². The lowest BCUT2D eigenvalue weighted by molar-refractivity contribution is -0.385. The molecule has 6 heteroatoms. The first-order chi connectivity index (χ1) is 8.56. The monoisotopic (exact) mass is 250 g/mol. The van der Waals surface area contributed by atoms with Gasteiger partial charge < -0.3 is 10.4 Å². The normalized spacial score (nSPS) is 9.78. The van der Waals surface area contributed by atoms with E-state index in [1.165, 1.54) is 6.07 Å². The molecule has 0 aliphatic carbocycles. The fraction of sp³-hybridized carbons (Fsp3) is 0.250. The van der Waals surface area contributed by atoms with Crippen LogP contribution in [0.4, 0.5) is 5.69 Å². The lowest BCUT2D eigenvalue weighted by Gasteiger charge is -2.05. The molecule has 0 saturated heterocycles. The maximum atomic E-state index is 11.7. The number of hydrogen-bond donors (Lipinski definition) is 2. The number of amides is 1. The van der Waals surface area contributed by atoms with Crippen molar-refractivity contribution in [3.63, 3.8) is 0 Å². The van der Waals surface area contributed by atoms with Gasteiger partial charge in [-0.3, -0.25) is 14.9 Å². The van der Waals surface area contributed by atoms with E-state index in [-0.39, 0.29) is 17.0 Å². The number of rotatable bonds is 6. The number of nitro groups is 1. The Balaban J connectivity index is 2.80. The smallest absolute Gasteiger partial charge is 0.282 e. The van der Waals surface area contributed by atoms with Crippen molar-refractivity contribution in [1.29, 1.82) is 0 Å². The molecule has 0 spiro atoms. The van der Waals surface area contributed by atoms with E-state index in [0.29, 0.717) is 13.0 Å². The number of nitrogens with one attached hydrogen (secondary N) is 1. The predicted octanol–water partition coefficient (Wildman–Crippen LogP) is 2.00. The zero-order valence-electron chi connectivity index (χ0n) is 9.76. The van der Waals surface area contributed by atoms with Crippen LogP contribution in [0.3, 0.4) is 0 Å². The number of aromatic hydroxyl groups is 1. The molecule has 0 fully saturated rings. The first-order valence-electron chi connectivity index (χ1n) is 5.42. The van der Waals surface area contributed by atoms with E-state index in [4.69, 9.17) is 0 Å². The number of unbranched alkanes of at least 4 members (excludes halogenated alkanes) is 1. The van der Waals surface area contributed by atoms with E-state index in [0.717, 1.165) is 18.6 Å². The molecule has 6 nitrogen and oxygen atoms in total. The Labute approximate surface area is 104 Å². The van der Waals surface area contributed by atoms with Crippen LogP contribution in [0.1, 0.15) is 23.2 Å². The number of nitrogens with zero attached hydrogens (tertiary/aromatic N) is 1. The van der Waals surface area contributed by atoms with Crippen molar-refractivity contribution in [3.8, 4) is 5.75 Å². The summed E-state index contributed by atoms with van der Waals surface area (Å²) in [5.41, 5.74) is -0.465. The fourth-order valence-electron chi connectivity index (χ4n) is 1.41. The van der Waals surface area contributed by atoms with E-state index < -0.39 is 10.8 Å². The molecule has 0 atom stereocenters. The molecule has 0 bridgehead atoms. The molecule has 0 aliphatic rings. The average Bonchev–Trinajstić information content (AvgIpc) is 2.34. The summed E-state index contributed by atoms with van der Waals surface area (Å²) >= 11 is 0. The van der Waals surface area contributed by atoms with Gasteiger partial charge in [0.25, 0.3) is 11.6 Å². The molecule has 0 saturated carbocycles. The average molecular weight is 250 g/mol. The summed E-state index contributed by atoms with van der Waals surface area (Å²) in [7, 11) is 0. The molecule has 18 heavy (non-hydrogen) atoms. The summed E-state index contributed by atoms with van der Waals surface area (Å²) in [4.78, 5) is 21.8. The Morgan fingerprint density at radius 2 is 2.28 bits per heavy atom. The van der Waals surface area contributed by atoms with Gasteiger partial charge in [0.1, 0.15) is 11.3 Å². The highest BCUT2D eigenvalue weighted by Gasteiger charge is 2.20. The maximum Gasteiger partial charge on any atom is 0.282 e. The van der Waals surface area contributed by atoms with Gasteiger partial charge in [0, 0.05) is 12.6 Å². The number of nitro benzene ring substituents is 1. The van der Waals surface area contributed by atoms with Crippen LogP contribution in [0.15, 0.2) is 30.9 Å². The third-order valence-corrected chi connectivity index (χ3v) is 2.29. The van der Waals surface area contributed by atoms with Crippen LogP contribution < -0.4 is 5.32 Å². The van der Waals surface area contributed by atoms with Crippen molar-refractivity contribution in [2.24, 2.45) is 0 Å². The van der Waals surface area contributed by atoms with Crippen LogP contribution in [0, 0.1) is 10.1 Å². The third kappa shape index (κ3) is 3.58. The van der Waals surface area contributed by atoms with Gasteiger partial charge in [-0.05, 0) is 25.0 Å². The van der Waals surface area contributed by atoms with Crippen molar-refractivity contribution < 1.29 is 14.8 Å². The van der Waals surface area contributed by atoms with Gasteiger partial charge in [-0.25, -0.2) is 0 Å². The highest BCUT2D eigenvalue weighted by molar-refractivity contribution is 5.98. The van der Waals surface area contributed by atoms with E-state index >= 15 is 0 Å². The second kappa shape index (κ2) is 6.39. The highest BCUT2D eigenvalue weighted by atomic mass is 16.6. The zero-order valence-corrected chi connectivity index (χ0v) is 9.76. The number of phenolic OH excluding ortho intramolecular Hbond substituents is 1. The number of hydrogen-bond acceptors (Lipinski definition) is 4. The lowest BCUT2D eigenvalue weighted by atomic mass is 10.1. The Hall–Kier alpha value is -2.37. The molecule has 96 valence electrons. The number of carbonyl (C=O) groups excluding carboxylic acids is 1. The molecule has 1 aromatic carbocycles. The summed E-state index contributed by atoms with van der Waals surface area (Å²) in [6.45, 7) is 3.95. The van der Waals surface area contributed by atoms with E-state index in [9.17, 15) is 20.0 Å². The quantitative estimate of drug-likeness (QED) is 0.349. The molecule has 0 heterocycles. The van der Waals surface area contributed by atoms with Crippen LogP contribution in [0.2, 0.25) is 0 Å². The van der Waals surface area contributed by atoms with Gasteiger partial charge in [0.05, 0.1) is 4.92 Å². The Kier molecular flexibility index (Phi) is 4.86. The largest absolute Gasteiger partial charge is 0.508 e. The topological polar surface area (TPSA) is 92.5 Å². The molecule has 0 radical (unpaired) electrons. The second-order valence-electron chi connectivity index (χ2n) is 3.65. The molecule has 1 amide bonds. The van der Waals surface area contributed by atoms with Crippen LogP contribution in [0.5, 0.6) is 5.75 Å². The predicted molar refractivity (Wildman–Crippen MR) is 66.5 cm³/mol. The summed E-state index contributed by atoms with van der Waals surface area (Å²) in [6.07, 6.45) is 3.19. The molecular formula is C12H14N2O4. The molecular weight excluding hydrogens is 236 g/mol. The summed E-state index contributed by atoms with van der Waals surface area (Å²) in [5, 5.41) is 22.6. The Morgan fingerprint density at radius 3 is 2.89 bits per heavy atom. The minimum Gasteiger partial charge on any atom is -0.508 e. The Morgan fingerprint density at radius 1 is 1.56 bits per heavy atom. The molecule has 0 aromatic heterocycles. The summed E-state index contributed by atoms with van der Waals surface area (Å²) in [5.74, 6) is -0.751.